The van der Waals surface area contributed by atoms with Gasteiger partial charge in [0.2, 0.25) is 0 Å². The van der Waals surface area contributed by atoms with E-state index in [0.29, 0.717) is 31.1 Å². The van der Waals surface area contributed by atoms with Crippen molar-refractivity contribution < 1.29 is 9.66 Å². The van der Waals surface area contributed by atoms with Crippen molar-refractivity contribution in [2.45, 2.75) is 32.8 Å². The molecule has 1 fully saturated rings. The van der Waals surface area contributed by atoms with Gasteiger partial charge in [0, 0.05) is 19.6 Å². The van der Waals surface area contributed by atoms with Crippen LogP contribution in [0.5, 0.6) is 0 Å². The van der Waals surface area contributed by atoms with Crippen molar-refractivity contribution in [3.63, 3.8) is 0 Å². The van der Waals surface area contributed by atoms with Gasteiger partial charge < -0.3 is 15.0 Å². The third-order valence-electron chi connectivity index (χ3n) is 3.53. The molecule has 0 unspecified atom stereocenters. The quantitative estimate of drug-likeness (QED) is 0.667. The number of hydrogen-bond acceptors (Lipinski definition) is 5. The van der Waals surface area contributed by atoms with E-state index in [4.69, 9.17) is 4.74 Å². The van der Waals surface area contributed by atoms with Gasteiger partial charge in [-0.3, -0.25) is 10.1 Å². The smallest absolute Gasteiger partial charge is 0.315 e. The Hall–Kier alpha value is -1.82. The zero-order chi connectivity index (χ0) is 15.5. The molecule has 0 spiro atoms. The van der Waals surface area contributed by atoms with Crippen LogP contribution in [-0.4, -0.2) is 36.8 Å². The van der Waals surface area contributed by atoms with E-state index in [1.54, 1.807) is 6.07 Å². The number of nitrogens with zero attached hydrogens (tertiary/aromatic N) is 2. The Labute approximate surface area is 125 Å². The second-order valence-corrected chi connectivity index (χ2v) is 5.89. The second kappa shape index (κ2) is 6.30. The molecule has 6 nitrogen and oxygen atoms in total. The summed E-state index contributed by atoms with van der Waals surface area (Å²) in [5.74, 6) is 0. The van der Waals surface area contributed by atoms with E-state index in [2.05, 4.69) is 5.32 Å². The lowest BCUT2D eigenvalue weighted by atomic mass is 10.1. The van der Waals surface area contributed by atoms with Crippen LogP contribution in [0.15, 0.2) is 18.2 Å². The molecule has 0 aliphatic carbocycles. The molecule has 1 N–H and O–H groups in total. The lowest BCUT2D eigenvalue weighted by molar-refractivity contribution is -0.383. The van der Waals surface area contributed by atoms with Crippen LogP contribution in [0.4, 0.5) is 17.1 Å². The van der Waals surface area contributed by atoms with Gasteiger partial charge in [0.05, 0.1) is 17.1 Å². The summed E-state index contributed by atoms with van der Waals surface area (Å²) < 4.78 is 5.69. The predicted octanol–water partition coefficient (Wildman–Crippen LogP) is 3.03. The number of morpholine rings is 1. The van der Waals surface area contributed by atoms with E-state index in [1.165, 1.54) is 0 Å². The Morgan fingerprint density at radius 1 is 1.48 bits per heavy atom. The van der Waals surface area contributed by atoms with Crippen molar-refractivity contribution in [2.24, 2.45) is 0 Å². The molecule has 1 aromatic carbocycles. The maximum atomic E-state index is 11.5. The van der Waals surface area contributed by atoms with Gasteiger partial charge in [-0.05, 0) is 32.4 Å². The van der Waals surface area contributed by atoms with Gasteiger partial charge >= 0.3 is 5.69 Å². The molecule has 0 saturated carbocycles. The molecule has 0 radical (unpaired) electrons. The van der Waals surface area contributed by atoms with Crippen molar-refractivity contribution >= 4 is 17.1 Å². The number of benzene rings is 1. The van der Waals surface area contributed by atoms with Gasteiger partial charge in [0.15, 0.2) is 0 Å². The molecule has 0 aromatic heterocycles. The van der Waals surface area contributed by atoms with Crippen LogP contribution in [0, 0.1) is 10.1 Å². The molecule has 1 heterocycles. The summed E-state index contributed by atoms with van der Waals surface area (Å²) in [5, 5.41) is 14.7. The van der Waals surface area contributed by atoms with Gasteiger partial charge in [-0.25, -0.2) is 0 Å². The molecular weight excluding hydrogens is 270 g/mol. The summed E-state index contributed by atoms with van der Waals surface area (Å²) >= 11 is 0. The third-order valence-corrected chi connectivity index (χ3v) is 3.53. The van der Waals surface area contributed by atoms with Gasteiger partial charge in [0.25, 0.3) is 0 Å². The average molecular weight is 293 g/mol. The zero-order valence-corrected chi connectivity index (χ0v) is 12.9. The summed E-state index contributed by atoms with van der Waals surface area (Å²) in [5.41, 5.74) is 1.11. The standard InChI is InChI=1S/C15H23N3O3/c1-4-8-16-12-6-5-7-13(14(12)18(19)20)17-9-10-21-15(2,3)11-17/h5-7,16H,4,8-11H2,1-3H3. The number of para-hydroxylation sites is 1. The number of hydrogen-bond donors (Lipinski definition) is 1. The van der Waals surface area contributed by atoms with Gasteiger partial charge in [-0.2, -0.15) is 0 Å². The van der Waals surface area contributed by atoms with Gasteiger partial charge in [-0.15, -0.1) is 0 Å². The first-order chi connectivity index (χ1) is 9.94. The molecule has 1 aliphatic heterocycles. The molecule has 2 rings (SSSR count). The summed E-state index contributed by atoms with van der Waals surface area (Å²) in [6.45, 7) is 8.66. The summed E-state index contributed by atoms with van der Waals surface area (Å²) in [7, 11) is 0. The van der Waals surface area contributed by atoms with Crippen molar-refractivity contribution in [1.29, 1.82) is 0 Å². The van der Waals surface area contributed by atoms with Crippen LogP contribution in [-0.2, 0) is 4.74 Å². The molecule has 0 bridgehead atoms. The van der Waals surface area contributed by atoms with E-state index in [0.717, 1.165) is 13.0 Å². The highest BCUT2D eigenvalue weighted by Gasteiger charge is 2.31. The van der Waals surface area contributed by atoms with Crippen molar-refractivity contribution in [3.8, 4) is 0 Å². The minimum absolute atomic E-state index is 0.156. The van der Waals surface area contributed by atoms with Crippen molar-refractivity contribution in [2.75, 3.05) is 36.5 Å². The molecular formula is C15H23N3O3. The molecule has 0 amide bonds. The second-order valence-electron chi connectivity index (χ2n) is 5.89. The lowest BCUT2D eigenvalue weighted by Gasteiger charge is -2.39. The fourth-order valence-corrected chi connectivity index (χ4v) is 2.60. The zero-order valence-electron chi connectivity index (χ0n) is 12.9. The van der Waals surface area contributed by atoms with Crippen molar-refractivity contribution in [3.05, 3.63) is 28.3 Å². The predicted molar refractivity (Wildman–Crippen MR) is 84.1 cm³/mol. The number of nitrogens with one attached hydrogen (secondary N) is 1. The van der Waals surface area contributed by atoms with E-state index >= 15 is 0 Å². The third kappa shape index (κ3) is 3.64. The van der Waals surface area contributed by atoms with Crippen LogP contribution in [0.2, 0.25) is 0 Å². The van der Waals surface area contributed by atoms with Crippen LogP contribution in [0.25, 0.3) is 0 Å². The maximum Gasteiger partial charge on any atom is 0.315 e. The largest absolute Gasteiger partial charge is 0.379 e. The minimum atomic E-state index is -0.296. The highest BCUT2D eigenvalue weighted by atomic mass is 16.6. The minimum Gasteiger partial charge on any atom is -0.379 e. The molecule has 1 saturated heterocycles. The first kappa shape index (κ1) is 15.6. The normalized spacial score (nSPS) is 17.6. The fraction of sp³-hybridized carbons (Fsp3) is 0.600. The van der Waals surface area contributed by atoms with Crippen LogP contribution in [0.1, 0.15) is 27.2 Å². The van der Waals surface area contributed by atoms with E-state index in [9.17, 15) is 10.1 Å². The van der Waals surface area contributed by atoms with E-state index < -0.39 is 0 Å². The Kier molecular flexibility index (Phi) is 4.67. The molecule has 1 aliphatic rings. The number of anilines is 2. The number of rotatable bonds is 5. The fourth-order valence-electron chi connectivity index (χ4n) is 2.60. The Morgan fingerprint density at radius 2 is 2.24 bits per heavy atom. The SMILES string of the molecule is CCCNc1cccc(N2CCOC(C)(C)C2)c1[N+](=O)[O-]. The number of nitro groups is 1. The molecule has 6 heteroatoms. The topological polar surface area (TPSA) is 67.6 Å². The van der Waals surface area contributed by atoms with Gasteiger partial charge in [-0.1, -0.05) is 13.0 Å². The molecule has 1 aromatic rings. The summed E-state index contributed by atoms with van der Waals surface area (Å²) in [4.78, 5) is 13.3. The van der Waals surface area contributed by atoms with Crippen molar-refractivity contribution in [1.82, 2.24) is 0 Å². The highest BCUT2D eigenvalue weighted by molar-refractivity contribution is 5.77. The van der Waals surface area contributed by atoms with Crippen LogP contribution < -0.4 is 10.2 Å². The molecule has 21 heavy (non-hydrogen) atoms. The first-order valence-corrected chi connectivity index (χ1v) is 7.35. The van der Waals surface area contributed by atoms with E-state index in [1.807, 2.05) is 37.8 Å². The Balaban J connectivity index is 2.36. The number of nitro benzene ring substituents is 1. The molecule has 0 atom stereocenters. The maximum absolute atomic E-state index is 11.5. The van der Waals surface area contributed by atoms with Crippen LogP contribution in [0.3, 0.4) is 0 Å². The monoisotopic (exact) mass is 293 g/mol. The van der Waals surface area contributed by atoms with Crippen LogP contribution >= 0.6 is 0 Å². The Bertz CT molecular complexity index is 517. The van der Waals surface area contributed by atoms with Gasteiger partial charge in [0.1, 0.15) is 11.4 Å². The number of ether oxygens (including phenoxy) is 1. The highest BCUT2D eigenvalue weighted by Crippen LogP contribution is 2.37. The lowest BCUT2D eigenvalue weighted by Crippen LogP contribution is -2.48. The molecule has 116 valence electrons. The Morgan fingerprint density at radius 3 is 2.86 bits per heavy atom. The summed E-state index contributed by atoms with van der Waals surface area (Å²) in [6.07, 6.45) is 0.923. The first-order valence-electron chi connectivity index (χ1n) is 7.35. The average Bonchev–Trinajstić information content (AvgIpc) is 2.43. The summed E-state index contributed by atoms with van der Waals surface area (Å²) in [6, 6.07) is 5.45. The van der Waals surface area contributed by atoms with E-state index in [-0.39, 0.29) is 16.2 Å².